The fraction of sp³-hybridized carbons (Fsp3) is 0.700. The number of carbonyl (C=O) groups excluding carboxylic acids is 2. The van der Waals surface area contributed by atoms with Crippen LogP contribution in [0.4, 0.5) is 4.79 Å². The van der Waals surface area contributed by atoms with Crippen molar-refractivity contribution in [3.63, 3.8) is 0 Å². The summed E-state index contributed by atoms with van der Waals surface area (Å²) in [7, 11) is 0. The lowest BCUT2D eigenvalue weighted by Gasteiger charge is -2.21. The van der Waals surface area contributed by atoms with E-state index in [1.54, 1.807) is 20.8 Å². The van der Waals surface area contributed by atoms with Gasteiger partial charge in [-0.05, 0) is 20.8 Å². The minimum atomic E-state index is -1.27. The highest BCUT2D eigenvalue weighted by atomic mass is 16.6. The second-order valence-corrected chi connectivity index (χ2v) is 4.34. The van der Waals surface area contributed by atoms with Gasteiger partial charge in [0.15, 0.2) is 0 Å². The summed E-state index contributed by atoms with van der Waals surface area (Å²) in [4.78, 5) is 32.0. The van der Waals surface area contributed by atoms with Gasteiger partial charge in [0.25, 0.3) is 0 Å². The second-order valence-electron chi connectivity index (χ2n) is 4.34. The van der Waals surface area contributed by atoms with Crippen molar-refractivity contribution in [2.75, 3.05) is 0 Å². The Morgan fingerprint density at radius 1 is 1.44 bits per heavy atom. The molecule has 0 aromatic carbocycles. The number of rotatable bonds is 5. The van der Waals surface area contributed by atoms with Gasteiger partial charge in [-0.15, -0.1) is 0 Å². The predicted molar refractivity (Wildman–Crippen MR) is 56.1 cm³/mol. The van der Waals surface area contributed by atoms with Gasteiger partial charge < -0.3 is 20.0 Å². The monoisotopic (exact) mass is 231 g/mol. The maximum absolute atomic E-state index is 11.4. The van der Waals surface area contributed by atoms with Crippen molar-refractivity contribution in [1.82, 2.24) is 5.32 Å². The molecule has 2 N–H and O–H groups in total. The summed E-state index contributed by atoms with van der Waals surface area (Å²) in [6.45, 7) is 5.14. The number of nitrogens with one attached hydrogen (secondary N) is 1. The molecule has 0 aromatic rings. The Balaban J connectivity index is 4.22. The number of esters is 1. The molecule has 0 spiro atoms. The molecule has 6 heteroatoms. The van der Waals surface area contributed by atoms with Crippen LogP contribution in [0.25, 0.3) is 0 Å². The first-order chi connectivity index (χ1) is 7.24. The quantitative estimate of drug-likeness (QED) is 0.542. The largest absolute Gasteiger partial charge is 0.465 e. The fourth-order valence-electron chi connectivity index (χ4n) is 1.07. The van der Waals surface area contributed by atoms with E-state index in [9.17, 15) is 14.4 Å². The zero-order valence-electron chi connectivity index (χ0n) is 9.65. The molecule has 0 unspecified atom stereocenters. The number of carboxylic acid groups (broad SMARTS) is 1. The van der Waals surface area contributed by atoms with E-state index in [-0.39, 0.29) is 12.8 Å². The van der Waals surface area contributed by atoms with Crippen molar-refractivity contribution in [3.05, 3.63) is 0 Å². The van der Waals surface area contributed by atoms with Crippen LogP contribution in [0.2, 0.25) is 0 Å². The van der Waals surface area contributed by atoms with Gasteiger partial charge in [0.05, 0.1) is 6.42 Å². The van der Waals surface area contributed by atoms with E-state index in [1.165, 1.54) is 0 Å². The molecule has 0 aliphatic rings. The third-order valence-electron chi connectivity index (χ3n) is 1.54. The van der Waals surface area contributed by atoms with Gasteiger partial charge in [0.2, 0.25) is 0 Å². The van der Waals surface area contributed by atoms with Gasteiger partial charge in [0.1, 0.15) is 11.9 Å². The molecule has 0 aliphatic carbocycles. The van der Waals surface area contributed by atoms with Crippen molar-refractivity contribution in [2.24, 2.45) is 0 Å². The molecule has 0 fully saturated rings. The summed E-state index contributed by atoms with van der Waals surface area (Å²) in [6, 6.07) is -0.732. The predicted octanol–water partition coefficient (Wildman–Crippen LogP) is 0.943. The summed E-state index contributed by atoms with van der Waals surface area (Å²) in [5.74, 6) is -0.534. The van der Waals surface area contributed by atoms with Gasteiger partial charge in [-0.2, -0.15) is 0 Å². The number of amides is 1. The first-order valence-corrected chi connectivity index (χ1v) is 4.89. The van der Waals surface area contributed by atoms with Gasteiger partial charge in [0, 0.05) is 12.5 Å². The topological polar surface area (TPSA) is 92.7 Å². The number of hydrogen-bond acceptors (Lipinski definition) is 4. The van der Waals surface area contributed by atoms with Crippen LogP contribution in [0.15, 0.2) is 0 Å². The Hall–Kier alpha value is -1.59. The minimum Gasteiger partial charge on any atom is -0.465 e. The van der Waals surface area contributed by atoms with E-state index >= 15 is 0 Å². The highest BCUT2D eigenvalue weighted by molar-refractivity contribution is 5.73. The Labute approximate surface area is 94.0 Å². The zero-order chi connectivity index (χ0) is 12.8. The standard InChI is InChI=1S/C10H17NO5/c1-10(2,3)16-8(13)6-7(4-5-12)11-9(14)15/h5,7,11H,4,6H2,1-3H3,(H,14,15)/t7-/m1/s1. The van der Waals surface area contributed by atoms with Crippen molar-refractivity contribution < 1.29 is 24.2 Å². The third-order valence-corrected chi connectivity index (χ3v) is 1.54. The van der Waals surface area contributed by atoms with Crippen molar-refractivity contribution in [3.8, 4) is 0 Å². The molecule has 16 heavy (non-hydrogen) atoms. The fourth-order valence-corrected chi connectivity index (χ4v) is 1.07. The van der Waals surface area contributed by atoms with Crippen molar-refractivity contribution >= 4 is 18.3 Å². The minimum absolute atomic E-state index is 0.0501. The first kappa shape index (κ1) is 14.4. The molecule has 0 heterocycles. The van der Waals surface area contributed by atoms with Gasteiger partial charge in [-0.25, -0.2) is 4.79 Å². The van der Waals surface area contributed by atoms with Crippen LogP contribution in [-0.2, 0) is 14.3 Å². The summed E-state index contributed by atoms with van der Waals surface area (Å²) in [6.07, 6.45) is -0.908. The molecule has 0 rings (SSSR count). The van der Waals surface area contributed by atoms with E-state index < -0.39 is 23.7 Å². The molecule has 92 valence electrons. The van der Waals surface area contributed by atoms with Crippen molar-refractivity contribution in [1.29, 1.82) is 0 Å². The number of carbonyl (C=O) groups is 3. The van der Waals surface area contributed by atoms with E-state index in [4.69, 9.17) is 9.84 Å². The summed E-state index contributed by atoms with van der Waals surface area (Å²) >= 11 is 0. The van der Waals surface area contributed by atoms with E-state index in [2.05, 4.69) is 5.32 Å². The molecule has 0 bridgehead atoms. The highest BCUT2D eigenvalue weighted by Crippen LogP contribution is 2.10. The van der Waals surface area contributed by atoms with Gasteiger partial charge in [-0.3, -0.25) is 4.79 Å². The average Bonchev–Trinajstić information content (AvgIpc) is 1.98. The Morgan fingerprint density at radius 3 is 2.38 bits per heavy atom. The molecule has 0 saturated carbocycles. The molecule has 0 aromatic heterocycles. The summed E-state index contributed by atoms with van der Waals surface area (Å²) in [5, 5.41) is 10.6. The molecular formula is C10H17NO5. The van der Waals surface area contributed by atoms with Crippen LogP contribution in [-0.4, -0.2) is 35.1 Å². The lowest BCUT2D eigenvalue weighted by molar-refractivity contribution is -0.155. The van der Waals surface area contributed by atoms with E-state index in [0.29, 0.717) is 6.29 Å². The number of aldehydes is 1. The van der Waals surface area contributed by atoms with Crippen LogP contribution >= 0.6 is 0 Å². The zero-order valence-corrected chi connectivity index (χ0v) is 9.65. The Kier molecular flexibility index (Phi) is 5.49. The molecule has 1 amide bonds. The second kappa shape index (κ2) is 6.09. The van der Waals surface area contributed by atoms with Gasteiger partial charge in [-0.1, -0.05) is 0 Å². The lowest BCUT2D eigenvalue weighted by Crippen LogP contribution is -2.37. The van der Waals surface area contributed by atoms with Crippen LogP contribution < -0.4 is 5.32 Å². The molecule has 0 saturated heterocycles. The summed E-state index contributed by atoms with van der Waals surface area (Å²) < 4.78 is 5.01. The SMILES string of the molecule is CC(C)(C)OC(=O)C[C@@H](CC=O)NC(=O)O. The Bertz CT molecular complexity index is 269. The molecule has 6 nitrogen and oxygen atoms in total. The smallest absolute Gasteiger partial charge is 0.404 e. The number of ether oxygens (including phenoxy) is 1. The first-order valence-electron chi connectivity index (χ1n) is 4.89. The van der Waals surface area contributed by atoms with Crippen LogP contribution in [0.5, 0.6) is 0 Å². The van der Waals surface area contributed by atoms with Crippen LogP contribution in [0.3, 0.4) is 0 Å². The third kappa shape index (κ3) is 7.78. The molecular weight excluding hydrogens is 214 g/mol. The maximum atomic E-state index is 11.4. The molecule has 1 atom stereocenters. The molecule has 0 radical (unpaired) electrons. The van der Waals surface area contributed by atoms with E-state index in [0.717, 1.165) is 0 Å². The van der Waals surface area contributed by atoms with Crippen LogP contribution in [0, 0.1) is 0 Å². The summed E-state index contributed by atoms with van der Waals surface area (Å²) in [5.41, 5.74) is -0.619. The normalized spacial score (nSPS) is 12.7. The van der Waals surface area contributed by atoms with Gasteiger partial charge >= 0.3 is 12.1 Å². The van der Waals surface area contributed by atoms with Crippen LogP contribution in [0.1, 0.15) is 33.6 Å². The highest BCUT2D eigenvalue weighted by Gasteiger charge is 2.21. The Morgan fingerprint density at radius 2 is 2.00 bits per heavy atom. The molecule has 0 aliphatic heterocycles. The average molecular weight is 231 g/mol. The maximum Gasteiger partial charge on any atom is 0.404 e. The lowest BCUT2D eigenvalue weighted by atomic mass is 10.1. The van der Waals surface area contributed by atoms with E-state index in [1.807, 2.05) is 0 Å². The van der Waals surface area contributed by atoms with Crippen molar-refractivity contribution in [2.45, 2.75) is 45.3 Å². The number of hydrogen-bond donors (Lipinski definition) is 2.